The molecule has 0 saturated heterocycles. The quantitative estimate of drug-likeness (QED) is 0.535. The molecule has 0 aliphatic rings. The van der Waals surface area contributed by atoms with Gasteiger partial charge in [0.1, 0.15) is 24.2 Å². The summed E-state index contributed by atoms with van der Waals surface area (Å²) in [4.78, 5) is 10.4. The highest BCUT2D eigenvalue weighted by Crippen LogP contribution is 2.14. The summed E-state index contributed by atoms with van der Waals surface area (Å²) in [5, 5.41) is 25.4. The maximum atomic E-state index is 10.4. The van der Waals surface area contributed by atoms with Crippen LogP contribution in [-0.2, 0) is 11.2 Å². The summed E-state index contributed by atoms with van der Waals surface area (Å²) in [5.74, 6) is 0.323. The molecule has 0 saturated carbocycles. The van der Waals surface area contributed by atoms with Crippen LogP contribution in [0.1, 0.15) is 5.56 Å². The summed E-state index contributed by atoms with van der Waals surface area (Å²) in [5.41, 5.74) is 1.11. The lowest BCUT2D eigenvalue weighted by atomic mass is 10.1. The first-order valence-electron chi connectivity index (χ1n) is 7.61. The van der Waals surface area contributed by atoms with Crippen LogP contribution in [-0.4, -0.2) is 48.6 Å². The Labute approximate surface area is 144 Å². The Balaban J connectivity index is 1.58. The Morgan fingerprint density at radius 1 is 1.17 bits per heavy atom. The highest BCUT2D eigenvalue weighted by Gasteiger charge is 2.05. The van der Waals surface area contributed by atoms with Crippen LogP contribution in [0.4, 0.5) is 0 Å². The van der Waals surface area contributed by atoms with Gasteiger partial charge in [-0.25, -0.2) is 4.79 Å². The first-order valence-corrected chi connectivity index (χ1v) is 8.55. The molecular formula is C17H21NO5S. The van der Waals surface area contributed by atoms with Gasteiger partial charge in [0, 0.05) is 11.9 Å². The zero-order valence-electron chi connectivity index (χ0n) is 13.2. The van der Waals surface area contributed by atoms with Crippen molar-refractivity contribution < 1.29 is 24.5 Å². The molecule has 2 aromatic rings. The molecule has 1 aromatic heterocycles. The molecule has 6 nitrogen and oxygen atoms in total. The molecule has 0 aliphatic heterocycles. The topological polar surface area (TPSA) is 88.0 Å². The number of aliphatic hydroxyl groups is 1. The van der Waals surface area contributed by atoms with Gasteiger partial charge >= 0.3 is 5.97 Å². The summed E-state index contributed by atoms with van der Waals surface area (Å²) in [6.45, 7) is 1.11. The highest BCUT2D eigenvalue weighted by atomic mass is 32.1. The second-order valence-electron chi connectivity index (χ2n) is 5.20. The molecule has 0 fully saturated rings. The lowest BCUT2D eigenvalue weighted by Gasteiger charge is -2.12. The van der Waals surface area contributed by atoms with E-state index in [1.807, 2.05) is 29.0 Å². The van der Waals surface area contributed by atoms with Gasteiger partial charge in [0.2, 0.25) is 0 Å². The van der Waals surface area contributed by atoms with E-state index in [-0.39, 0.29) is 13.2 Å². The van der Waals surface area contributed by atoms with Crippen molar-refractivity contribution in [3.8, 4) is 11.5 Å². The largest absolute Gasteiger partial charge is 0.490 e. The average Bonchev–Trinajstić information content (AvgIpc) is 3.09. The lowest BCUT2D eigenvalue weighted by molar-refractivity contribution is -0.139. The van der Waals surface area contributed by atoms with E-state index in [2.05, 4.69) is 5.32 Å². The number of aliphatic carboxylic acids is 1. The molecule has 3 N–H and O–H groups in total. The Morgan fingerprint density at radius 2 is 1.96 bits per heavy atom. The Bertz CT molecular complexity index is 600. The van der Waals surface area contributed by atoms with E-state index in [0.717, 1.165) is 24.3 Å². The number of nitrogens with one attached hydrogen (secondary N) is 1. The molecule has 2 rings (SSSR count). The molecule has 0 radical (unpaired) electrons. The molecule has 1 unspecified atom stereocenters. The molecule has 0 aliphatic carbocycles. The van der Waals surface area contributed by atoms with Crippen molar-refractivity contribution in [2.24, 2.45) is 0 Å². The van der Waals surface area contributed by atoms with Crippen molar-refractivity contribution in [3.05, 3.63) is 46.7 Å². The van der Waals surface area contributed by atoms with Gasteiger partial charge in [-0.15, -0.1) is 11.3 Å². The fourth-order valence-corrected chi connectivity index (χ4v) is 2.56. The van der Waals surface area contributed by atoms with E-state index in [1.165, 1.54) is 0 Å². The van der Waals surface area contributed by atoms with Crippen molar-refractivity contribution in [1.29, 1.82) is 0 Å². The summed E-state index contributed by atoms with van der Waals surface area (Å²) in [6.07, 6.45) is 0.244. The number of carbonyl (C=O) groups is 1. The standard InChI is InChI=1S/C17H21NO5S/c19-14(10-22-16-6-8-24-12-16)9-18-7-5-13-1-3-15(4-2-13)23-11-17(20)21/h1-4,6,8,12,14,18-19H,5,7,9-11H2,(H,20,21). The molecule has 7 heteroatoms. The zero-order chi connectivity index (χ0) is 17.2. The van der Waals surface area contributed by atoms with Gasteiger partial charge in [0.05, 0.1) is 0 Å². The number of carboxylic acid groups (broad SMARTS) is 1. The maximum absolute atomic E-state index is 10.4. The van der Waals surface area contributed by atoms with E-state index in [9.17, 15) is 9.90 Å². The van der Waals surface area contributed by atoms with Crippen LogP contribution in [0.2, 0.25) is 0 Å². The number of carboxylic acids is 1. The number of ether oxygens (including phenoxy) is 2. The number of hydrogen-bond donors (Lipinski definition) is 3. The molecule has 0 bridgehead atoms. The van der Waals surface area contributed by atoms with Crippen molar-refractivity contribution in [3.63, 3.8) is 0 Å². The van der Waals surface area contributed by atoms with Gasteiger partial charge in [-0.2, -0.15) is 0 Å². The predicted octanol–water partition coefficient (Wildman–Crippen LogP) is 1.78. The van der Waals surface area contributed by atoms with Crippen molar-refractivity contribution >= 4 is 17.3 Å². The lowest BCUT2D eigenvalue weighted by Crippen LogP contribution is -2.32. The minimum atomic E-state index is -0.996. The Kier molecular flexibility index (Phi) is 7.54. The number of benzene rings is 1. The molecule has 1 aromatic carbocycles. The van der Waals surface area contributed by atoms with Crippen molar-refractivity contribution in [1.82, 2.24) is 5.32 Å². The molecule has 1 heterocycles. The third-order valence-corrected chi connectivity index (χ3v) is 3.86. The van der Waals surface area contributed by atoms with E-state index in [1.54, 1.807) is 23.5 Å². The molecule has 24 heavy (non-hydrogen) atoms. The smallest absolute Gasteiger partial charge is 0.341 e. The minimum Gasteiger partial charge on any atom is -0.490 e. The fraction of sp³-hybridized carbons (Fsp3) is 0.353. The van der Waals surface area contributed by atoms with Gasteiger partial charge < -0.3 is 25.0 Å². The average molecular weight is 351 g/mol. The van der Waals surface area contributed by atoms with Gasteiger partial charge in [-0.05, 0) is 42.1 Å². The van der Waals surface area contributed by atoms with Crippen LogP contribution in [0.25, 0.3) is 0 Å². The number of hydrogen-bond acceptors (Lipinski definition) is 6. The van der Waals surface area contributed by atoms with E-state index in [0.29, 0.717) is 12.3 Å². The van der Waals surface area contributed by atoms with Gasteiger partial charge in [-0.1, -0.05) is 12.1 Å². The SMILES string of the molecule is O=C(O)COc1ccc(CCNCC(O)COc2ccsc2)cc1. The molecule has 0 amide bonds. The Hall–Kier alpha value is -2.09. The van der Waals surface area contributed by atoms with Crippen molar-refractivity contribution in [2.75, 3.05) is 26.3 Å². The first kappa shape index (κ1) is 18.3. The van der Waals surface area contributed by atoms with Gasteiger partial charge in [0.25, 0.3) is 0 Å². The van der Waals surface area contributed by atoms with E-state index >= 15 is 0 Å². The summed E-state index contributed by atoms with van der Waals surface area (Å²) >= 11 is 1.56. The van der Waals surface area contributed by atoms with E-state index < -0.39 is 12.1 Å². The third kappa shape index (κ3) is 6.99. The third-order valence-electron chi connectivity index (χ3n) is 3.19. The van der Waals surface area contributed by atoms with Crippen LogP contribution in [0.15, 0.2) is 41.1 Å². The summed E-state index contributed by atoms with van der Waals surface area (Å²) in [6, 6.07) is 9.17. The summed E-state index contributed by atoms with van der Waals surface area (Å²) < 4.78 is 10.5. The number of rotatable bonds is 11. The van der Waals surface area contributed by atoms with E-state index in [4.69, 9.17) is 14.6 Å². The zero-order valence-corrected chi connectivity index (χ0v) is 14.0. The predicted molar refractivity (Wildman–Crippen MR) is 92.0 cm³/mol. The second-order valence-corrected chi connectivity index (χ2v) is 5.98. The fourth-order valence-electron chi connectivity index (χ4n) is 1.98. The number of thiophene rings is 1. The summed E-state index contributed by atoms with van der Waals surface area (Å²) in [7, 11) is 0. The highest BCUT2D eigenvalue weighted by molar-refractivity contribution is 7.08. The van der Waals surface area contributed by atoms with Crippen molar-refractivity contribution in [2.45, 2.75) is 12.5 Å². The van der Waals surface area contributed by atoms with Gasteiger partial charge in [0.15, 0.2) is 6.61 Å². The molecule has 130 valence electrons. The first-order chi connectivity index (χ1) is 11.6. The molecule has 1 atom stereocenters. The van der Waals surface area contributed by atoms with Gasteiger partial charge in [-0.3, -0.25) is 0 Å². The van der Waals surface area contributed by atoms with Crippen LogP contribution < -0.4 is 14.8 Å². The maximum Gasteiger partial charge on any atom is 0.341 e. The van der Waals surface area contributed by atoms with Crippen LogP contribution in [0.3, 0.4) is 0 Å². The molecule has 0 spiro atoms. The monoisotopic (exact) mass is 351 g/mol. The normalized spacial score (nSPS) is 11.9. The second kappa shape index (κ2) is 9.92. The molecular weight excluding hydrogens is 330 g/mol. The van der Waals surface area contributed by atoms with Crippen LogP contribution in [0.5, 0.6) is 11.5 Å². The minimum absolute atomic E-state index is 0.263. The Morgan fingerprint density at radius 3 is 2.62 bits per heavy atom. The van der Waals surface area contributed by atoms with Crippen LogP contribution in [0, 0.1) is 0 Å². The number of aliphatic hydroxyl groups excluding tert-OH is 1. The van der Waals surface area contributed by atoms with Crippen LogP contribution >= 0.6 is 11.3 Å².